The van der Waals surface area contributed by atoms with Gasteiger partial charge < -0.3 is 4.90 Å². The Balaban J connectivity index is 2.13. The van der Waals surface area contributed by atoms with Gasteiger partial charge in [0.05, 0.1) is 4.90 Å². The quantitative estimate of drug-likeness (QED) is 0.817. The number of hydrogen-bond acceptors (Lipinski definition) is 3. The summed E-state index contributed by atoms with van der Waals surface area (Å²) >= 11 is 5.85. The largest absolute Gasteiger partial charge is 0.337 e. The molecule has 0 aliphatic rings. The van der Waals surface area contributed by atoms with Gasteiger partial charge in [-0.1, -0.05) is 23.7 Å². The third-order valence-corrected chi connectivity index (χ3v) is 5.64. The van der Waals surface area contributed by atoms with Crippen LogP contribution >= 0.6 is 11.6 Å². The van der Waals surface area contributed by atoms with Gasteiger partial charge in [0.25, 0.3) is 5.91 Å². The molecule has 0 aliphatic heterocycles. The van der Waals surface area contributed by atoms with Gasteiger partial charge >= 0.3 is 0 Å². The van der Waals surface area contributed by atoms with E-state index in [0.29, 0.717) is 17.1 Å². The van der Waals surface area contributed by atoms with E-state index in [0.717, 1.165) is 9.87 Å². The van der Waals surface area contributed by atoms with Crippen molar-refractivity contribution in [1.29, 1.82) is 0 Å². The van der Waals surface area contributed by atoms with Gasteiger partial charge in [-0.15, -0.1) is 0 Å². The number of halogens is 1. The molecule has 0 N–H and O–H groups in total. The fourth-order valence-corrected chi connectivity index (χ4v) is 3.16. The van der Waals surface area contributed by atoms with Crippen LogP contribution < -0.4 is 0 Å². The summed E-state index contributed by atoms with van der Waals surface area (Å²) in [6, 6.07) is 13.2. The SMILES string of the molecule is CN(Cc1ccc(Cl)cc1)C(=O)c1ccc(S(=O)(=O)N(C)C)cc1. The van der Waals surface area contributed by atoms with Crippen molar-refractivity contribution in [3.8, 4) is 0 Å². The van der Waals surface area contributed by atoms with Crippen LogP contribution in [-0.2, 0) is 16.6 Å². The van der Waals surface area contributed by atoms with E-state index < -0.39 is 10.0 Å². The molecule has 5 nitrogen and oxygen atoms in total. The van der Waals surface area contributed by atoms with Crippen molar-refractivity contribution in [2.75, 3.05) is 21.1 Å². The van der Waals surface area contributed by atoms with Crippen molar-refractivity contribution in [1.82, 2.24) is 9.21 Å². The van der Waals surface area contributed by atoms with Gasteiger partial charge in [0.1, 0.15) is 0 Å². The smallest absolute Gasteiger partial charge is 0.253 e. The molecular weight excluding hydrogens is 348 g/mol. The van der Waals surface area contributed by atoms with Crippen LogP contribution in [0.15, 0.2) is 53.4 Å². The van der Waals surface area contributed by atoms with Gasteiger partial charge in [-0.25, -0.2) is 12.7 Å². The van der Waals surface area contributed by atoms with Crippen molar-refractivity contribution in [3.63, 3.8) is 0 Å². The number of carbonyl (C=O) groups excluding carboxylic acids is 1. The highest BCUT2D eigenvalue weighted by Crippen LogP contribution is 2.16. The molecule has 0 spiro atoms. The molecule has 24 heavy (non-hydrogen) atoms. The summed E-state index contributed by atoms with van der Waals surface area (Å²) in [5.41, 5.74) is 1.39. The summed E-state index contributed by atoms with van der Waals surface area (Å²) < 4.78 is 25.2. The Morgan fingerprint density at radius 1 is 0.958 bits per heavy atom. The van der Waals surface area contributed by atoms with Crippen molar-refractivity contribution in [3.05, 3.63) is 64.7 Å². The molecule has 128 valence electrons. The zero-order valence-corrected chi connectivity index (χ0v) is 15.3. The van der Waals surface area contributed by atoms with Crippen LogP contribution in [0.25, 0.3) is 0 Å². The summed E-state index contributed by atoms with van der Waals surface area (Å²) in [6.07, 6.45) is 0. The van der Waals surface area contributed by atoms with Gasteiger partial charge in [-0.3, -0.25) is 4.79 Å². The van der Waals surface area contributed by atoms with Crippen molar-refractivity contribution >= 4 is 27.5 Å². The van der Waals surface area contributed by atoms with E-state index in [9.17, 15) is 13.2 Å². The number of rotatable bonds is 5. The number of amides is 1. The molecule has 0 heterocycles. The maximum Gasteiger partial charge on any atom is 0.253 e. The molecule has 0 atom stereocenters. The number of nitrogens with zero attached hydrogens (tertiary/aromatic N) is 2. The Kier molecular flexibility index (Phi) is 5.64. The summed E-state index contributed by atoms with van der Waals surface area (Å²) in [6.45, 7) is 0.438. The maximum atomic E-state index is 12.5. The highest BCUT2D eigenvalue weighted by atomic mass is 35.5. The first kappa shape index (κ1) is 18.4. The molecule has 0 unspecified atom stereocenters. The van der Waals surface area contributed by atoms with Gasteiger partial charge in [0, 0.05) is 38.3 Å². The fraction of sp³-hybridized carbons (Fsp3) is 0.235. The first-order valence-electron chi connectivity index (χ1n) is 7.24. The maximum absolute atomic E-state index is 12.5. The Hall–Kier alpha value is -1.89. The second-order valence-corrected chi connectivity index (χ2v) is 8.19. The van der Waals surface area contributed by atoms with Crippen LogP contribution in [0.3, 0.4) is 0 Å². The number of benzene rings is 2. The monoisotopic (exact) mass is 366 g/mol. The summed E-state index contributed by atoms with van der Waals surface area (Å²) in [4.78, 5) is 14.2. The number of sulfonamides is 1. The highest BCUT2D eigenvalue weighted by molar-refractivity contribution is 7.89. The van der Waals surface area contributed by atoms with Crippen LogP contribution in [0.2, 0.25) is 5.02 Å². The lowest BCUT2D eigenvalue weighted by Crippen LogP contribution is -2.26. The molecule has 0 aliphatic carbocycles. The van der Waals surface area contributed by atoms with Crippen LogP contribution in [0, 0.1) is 0 Å². The molecule has 0 saturated carbocycles. The lowest BCUT2D eigenvalue weighted by molar-refractivity contribution is 0.0785. The number of hydrogen-bond donors (Lipinski definition) is 0. The van der Waals surface area contributed by atoms with Gasteiger partial charge in [-0.2, -0.15) is 0 Å². The minimum Gasteiger partial charge on any atom is -0.337 e. The van der Waals surface area contributed by atoms with E-state index in [-0.39, 0.29) is 10.8 Å². The van der Waals surface area contributed by atoms with Gasteiger partial charge in [0.15, 0.2) is 0 Å². The molecule has 2 aromatic rings. The van der Waals surface area contributed by atoms with Crippen LogP contribution in [-0.4, -0.2) is 44.7 Å². The van der Waals surface area contributed by atoms with Crippen LogP contribution in [0.5, 0.6) is 0 Å². The normalized spacial score (nSPS) is 11.5. The van der Waals surface area contributed by atoms with Gasteiger partial charge in [-0.05, 0) is 42.0 Å². The molecular formula is C17H19ClN2O3S. The minimum atomic E-state index is -3.50. The van der Waals surface area contributed by atoms with Gasteiger partial charge in [0.2, 0.25) is 10.0 Å². The first-order valence-corrected chi connectivity index (χ1v) is 9.06. The van der Waals surface area contributed by atoms with Crippen LogP contribution in [0.4, 0.5) is 0 Å². The molecule has 0 fully saturated rings. The summed E-state index contributed by atoms with van der Waals surface area (Å²) in [7, 11) is 1.13. The second kappa shape index (κ2) is 7.34. The molecule has 7 heteroatoms. The molecule has 0 aromatic heterocycles. The third kappa shape index (κ3) is 4.14. The summed E-state index contributed by atoms with van der Waals surface area (Å²) in [5, 5.41) is 0.644. The minimum absolute atomic E-state index is 0.157. The Bertz CT molecular complexity index is 816. The molecule has 2 aromatic carbocycles. The van der Waals surface area contributed by atoms with E-state index in [4.69, 9.17) is 11.6 Å². The molecule has 1 amide bonds. The van der Waals surface area contributed by atoms with Crippen molar-refractivity contribution in [2.45, 2.75) is 11.4 Å². The molecule has 2 rings (SSSR count). The predicted octanol–water partition coefficient (Wildman–Crippen LogP) is 2.86. The second-order valence-electron chi connectivity index (χ2n) is 5.60. The molecule has 0 saturated heterocycles. The Labute approximate surface area is 147 Å². The molecule has 0 radical (unpaired) electrons. The van der Waals surface area contributed by atoms with Crippen molar-refractivity contribution < 1.29 is 13.2 Å². The lowest BCUT2D eigenvalue weighted by Gasteiger charge is -2.18. The zero-order valence-electron chi connectivity index (χ0n) is 13.7. The van der Waals surface area contributed by atoms with E-state index in [2.05, 4.69) is 0 Å². The predicted molar refractivity (Wildman–Crippen MR) is 94.6 cm³/mol. The van der Waals surface area contributed by atoms with E-state index in [1.54, 1.807) is 24.1 Å². The van der Waals surface area contributed by atoms with Crippen LogP contribution in [0.1, 0.15) is 15.9 Å². The molecule has 0 bridgehead atoms. The standard InChI is InChI=1S/C17H19ClN2O3S/c1-19(2)24(22,23)16-10-6-14(7-11-16)17(21)20(3)12-13-4-8-15(18)9-5-13/h4-11H,12H2,1-3H3. The third-order valence-electron chi connectivity index (χ3n) is 3.56. The topological polar surface area (TPSA) is 57.7 Å². The van der Waals surface area contributed by atoms with Crippen molar-refractivity contribution in [2.24, 2.45) is 0 Å². The lowest BCUT2D eigenvalue weighted by atomic mass is 10.1. The average molecular weight is 367 g/mol. The van der Waals surface area contributed by atoms with E-state index >= 15 is 0 Å². The Morgan fingerprint density at radius 2 is 1.50 bits per heavy atom. The summed E-state index contributed by atoms with van der Waals surface area (Å²) in [5.74, 6) is -0.182. The number of carbonyl (C=O) groups is 1. The highest BCUT2D eigenvalue weighted by Gasteiger charge is 2.18. The Morgan fingerprint density at radius 3 is 2.00 bits per heavy atom. The zero-order chi connectivity index (χ0) is 17.9. The fourth-order valence-electron chi connectivity index (χ4n) is 2.14. The van der Waals surface area contributed by atoms with E-state index in [1.165, 1.54) is 38.4 Å². The van der Waals surface area contributed by atoms with E-state index in [1.807, 2.05) is 12.1 Å². The first-order chi connectivity index (χ1) is 11.2. The average Bonchev–Trinajstić information content (AvgIpc) is 2.56.